The van der Waals surface area contributed by atoms with E-state index in [-0.39, 0.29) is 0 Å². The van der Waals surface area contributed by atoms with Gasteiger partial charge in [0.1, 0.15) is 5.69 Å². The van der Waals surface area contributed by atoms with Crippen molar-refractivity contribution in [2.75, 3.05) is 18.0 Å². The fraction of sp³-hybridized carbons (Fsp3) is 0.300. The zero-order valence-electron chi connectivity index (χ0n) is 14.2. The lowest BCUT2D eigenvalue weighted by Gasteiger charge is -2.23. The van der Waals surface area contributed by atoms with E-state index in [4.69, 9.17) is 4.98 Å². The molecule has 126 valence electrons. The quantitative estimate of drug-likeness (QED) is 0.726. The number of benzene rings is 1. The van der Waals surface area contributed by atoms with Crippen LogP contribution in [-0.2, 0) is 0 Å². The van der Waals surface area contributed by atoms with Gasteiger partial charge in [-0.15, -0.1) is 10.2 Å². The van der Waals surface area contributed by atoms with Gasteiger partial charge in [-0.25, -0.2) is 4.98 Å². The highest BCUT2D eigenvalue weighted by Crippen LogP contribution is 2.30. The molecule has 1 aromatic carbocycles. The lowest BCUT2D eigenvalue weighted by Crippen LogP contribution is -2.26. The zero-order valence-corrected chi connectivity index (χ0v) is 14.2. The average Bonchev–Trinajstić information content (AvgIpc) is 2.98. The maximum atomic E-state index is 4.91. The molecule has 0 spiro atoms. The van der Waals surface area contributed by atoms with Crippen LogP contribution in [0.4, 0.5) is 5.82 Å². The fourth-order valence-corrected chi connectivity index (χ4v) is 3.23. The summed E-state index contributed by atoms with van der Waals surface area (Å²) < 4.78 is 0. The molecule has 1 fully saturated rings. The van der Waals surface area contributed by atoms with Crippen LogP contribution in [0.1, 0.15) is 25.7 Å². The molecular formula is C20H21N5. The van der Waals surface area contributed by atoms with Crippen LogP contribution >= 0.6 is 0 Å². The topological polar surface area (TPSA) is 54.8 Å². The molecule has 5 heteroatoms. The normalized spacial score (nSPS) is 15.0. The molecule has 3 aromatic rings. The van der Waals surface area contributed by atoms with Crippen molar-refractivity contribution in [1.29, 1.82) is 0 Å². The van der Waals surface area contributed by atoms with Gasteiger partial charge in [0.2, 0.25) is 0 Å². The lowest BCUT2D eigenvalue weighted by molar-refractivity contribution is 0.726. The minimum atomic E-state index is 0.654. The molecule has 0 saturated carbocycles. The fourth-order valence-electron chi connectivity index (χ4n) is 3.23. The van der Waals surface area contributed by atoms with Crippen LogP contribution in [0.2, 0.25) is 0 Å². The first-order valence-electron chi connectivity index (χ1n) is 8.87. The number of pyridine rings is 1. The van der Waals surface area contributed by atoms with E-state index in [1.165, 1.54) is 25.7 Å². The molecule has 0 aliphatic carbocycles. The number of hydrogen-bond donors (Lipinski definition) is 0. The third kappa shape index (κ3) is 3.50. The lowest BCUT2D eigenvalue weighted by atomic mass is 10.1. The third-order valence-electron chi connectivity index (χ3n) is 4.56. The SMILES string of the molecule is c1ccc(-c2nnc(-c3ccncc3)nc2N2CCCCCC2)cc1. The Morgan fingerprint density at radius 1 is 0.720 bits per heavy atom. The molecule has 0 unspecified atom stereocenters. The van der Waals surface area contributed by atoms with Gasteiger partial charge in [0, 0.05) is 36.6 Å². The van der Waals surface area contributed by atoms with Crippen molar-refractivity contribution in [3.05, 3.63) is 54.9 Å². The molecule has 0 bridgehead atoms. The van der Waals surface area contributed by atoms with Crippen molar-refractivity contribution in [2.24, 2.45) is 0 Å². The smallest absolute Gasteiger partial charge is 0.183 e. The van der Waals surface area contributed by atoms with E-state index in [2.05, 4.69) is 32.2 Å². The second kappa shape index (κ2) is 7.38. The third-order valence-corrected chi connectivity index (χ3v) is 4.56. The Hall–Kier alpha value is -2.82. The molecule has 1 saturated heterocycles. The van der Waals surface area contributed by atoms with Crippen LogP contribution in [-0.4, -0.2) is 33.3 Å². The van der Waals surface area contributed by atoms with Crippen LogP contribution in [0, 0.1) is 0 Å². The highest BCUT2D eigenvalue weighted by atomic mass is 15.3. The largest absolute Gasteiger partial charge is 0.355 e. The first-order chi connectivity index (χ1) is 12.4. The van der Waals surface area contributed by atoms with E-state index in [0.29, 0.717) is 5.82 Å². The predicted octanol–water partition coefficient (Wildman–Crippen LogP) is 3.98. The van der Waals surface area contributed by atoms with Gasteiger partial charge in [0.25, 0.3) is 0 Å². The minimum Gasteiger partial charge on any atom is -0.355 e. The minimum absolute atomic E-state index is 0.654. The van der Waals surface area contributed by atoms with Gasteiger partial charge >= 0.3 is 0 Å². The van der Waals surface area contributed by atoms with Gasteiger partial charge in [-0.3, -0.25) is 4.98 Å². The highest BCUT2D eigenvalue weighted by molar-refractivity contribution is 5.73. The zero-order chi connectivity index (χ0) is 16.9. The van der Waals surface area contributed by atoms with Crippen molar-refractivity contribution >= 4 is 5.82 Å². The average molecular weight is 331 g/mol. The molecule has 25 heavy (non-hydrogen) atoms. The van der Waals surface area contributed by atoms with Crippen molar-refractivity contribution in [3.8, 4) is 22.6 Å². The van der Waals surface area contributed by atoms with E-state index in [1.807, 2.05) is 30.3 Å². The molecule has 0 radical (unpaired) electrons. The van der Waals surface area contributed by atoms with Crippen molar-refractivity contribution < 1.29 is 0 Å². The number of nitrogens with zero attached hydrogens (tertiary/aromatic N) is 5. The summed E-state index contributed by atoms with van der Waals surface area (Å²) >= 11 is 0. The molecule has 1 aliphatic heterocycles. The maximum Gasteiger partial charge on any atom is 0.183 e. The van der Waals surface area contributed by atoms with Gasteiger partial charge in [-0.05, 0) is 25.0 Å². The summed E-state index contributed by atoms with van der Waals surface area (Å²) in [6.45, 7) is 2.04. The molecule has 4 rings (SSSR count). The number of rotatable bonds is 3. The van der Waals surface area contributed by atoms with Crippen LogP contribution in [0.3, 0.4) is 0 Å². The monoisotopic (exact) mass is 331 g/mol. The number of hydrogen-bond acceptors (Lipinski definition) is 5. The van der Waals surface area contributed by atoms with Gasteiger partial charge in [0.05, 0.1) is 0 Å². The summed E-state index contributed by atoms with van der Waals surface area (Å²) in [5.41, 5.74) is 2.86. The van der Waals surface area contributed by atoms with E-state index < -0.39 is 0 Å². The second-order valence-electron chi connectivity index (χ2n) is 6.31. The van der Waals surface area contributed by atoms with Crippen molar-refractivity contribution in [3.63, 3.8) is 0 Å². The van der Waals surface area contributed by atoms with E-state index in [1.54, 1.807) is 12.4 Å². The Labute approximate surface area is 147 Å². The molecule has 5 nitrogen and oxygen atoms in total. The highest BCUT2D eigenvalue weighted by Gasteiger charge is 2.19. The molecule has 0 atom stereocenters. The maximum absolute atomic E-state index is 4.91. The van der Waals surface area contributed by atoms with Crippen LogP contribution in [0.5, 0.6) is 0 Å². The molecule has 0 N–H and O–H groups in total. The Morgan fingerprint density at radius 2 is 1.44 bits per heavy atom. The van der Waals surface area contributed by atoms with Crippen molar-refractivity contribution in [2.45, 2.75) is 25.7 Å². The molecule has 3 heterocycles. The molecular weight excluding hydrogens is 310 g/mol. The van der Waals surface area contributed by atoms with Gasteiger partial charge in [0.15, 0.2) is 11.6 Å². The summed E-state index contributed by atoms with van der Waals surface area (Å²) in [5.74, 6) is 1.59. The molecule has 0 amide bonds. The van der Waals surface area contributed by atoms with Crippen LogP contribution in [0.15, 0.2) is 54.9 Å². The molecule has 2 aromatic heterocycles. The Bertz CT molecular complexity index is 812. The van der Waals surface area contributed by atoms with Crippen LogP contribution in [0.25, 0.3) is 22.6 Å². The number of anilines is 1. The summed E-state index contributed by atoms with van der Waals surface area (Å²) in [7, 11) is 0. The summed E-state index contributed by atoms with van der Waals surface area (Å²) in [6, 6.07) is 14.1. The Morgan fingerprint density at radius 3 is 2.16 bits per heavy atom. The Balaban J connectivity index is 1.81. The van der Waals surface area contributed by atoms with Gasteiger partial charge < -0.3 is 4.90 Å². The summed E-state index contributed by atoms with van der Waals surface area (Å²) in [5, 5.41) is 8.95. The Kier molecular flexibility index (Phi) is 4.63. The summed E-state index contributed by atoms with van der Waals surface area (Å²) in [4.78, 5) is 11.4. The van der Waals surface area contributed by atoms with E-state index in [0.717, 1.165) is 35.7 Å². The van der Waals surface area contributed by atoms with Crippen molar-refractivity contribution in [1.82, 2.24) is 20.2 Å². The van der Waals surface area contributed by atoms with E-state index in [9.17, 15) is 0 Å². The standard InChI is InChI=1S/C20H21N5/c1-2-7-15-25(14-6-1)20-18(16-8-4-3-5-9-16)23-24-19(22-20)17-10-12-21-13-11-17/h3-5,8-13H,1-2,6-7,14-15H2. The first kappa shape index (κ1) is 15.7. The first-order valence-corrected chi connectivity index (χ1v) is 8.87. The van der Waals surface area contributed by atoms with Crippen LogP contribution < -0.4 is 4.90 Å². The summed E-state index contributed by atoms with van der Waals surface area (Å²) in [6.07, 6.45) is 8.48. The van der Waals surface area contributed by atoms with E-state index >= 15 is 0 Å². The number of aromatic nitrogens is 4. The second-order valence-corrected chi connectivity index (χ2v) is 6.31. The molecule has 1 aliphatic rings. The van der Waals surface area contributed by atoms with Gasteiger partial charge in [-0.1, -0.05) is 43.2 Å². The predicted molar refractivity (Wildman–Crippen MR) is 99.2 cm³/mol. The van der Waals surface area contributed by atoms with Gasteiger partial charge in [-0.2, -0.15) is 0 Å².